The first kappa shape index (κ1) is 39.8. The van der Waals surface area contributed by atoms with Crippen LogP contribution >= 0.6 is 0 Å². The number of fused-ring (bicyclic) bond motifs is 1. The fourth-order valence-corrected chi connectivity index (χ4v) is 7.29. The van der Waals surface area contributed by atoms with Crippen LogP contribution in [0.15, 0.2) is 115 Å². The summed E-state index contributed by atoms with van der Waals surface area (Å²) in [5.41, 5.74) is 4.20. The van der Waals surface area contributed by atoms with Crippen molar-refractivity contribution in [2.24, 2.45) is 5.92 Å². The lowest BCUT2D eigenvalue weighted by atomic mass is 9.89. The van der Waals surface area contributed by atoms with Crippen LogP contribution in [0.25, 0.3) is 21.9 Å². The molecule has 0 aliphatic carbocycles. The lowest BCUT2D eigenvalue weighted by Gasteiger charge is -2.43. The molecule has 1 heterocycles. The number of aliphatic hydroxyl groups is 1. The van der Waals surface area contributed by atoms with E-state index in [-0.39, 0.29) is 37.3 Å². The Morgan fingerprint density at radius 1 is 0.719 bits per heavy atom. The van der Waals surface area contributed by atoms with E-state index in [1.165, 1.54) is 16.3 Å². The van der Waals surface area contributed by atoms with Crippen LogP contribution in [0.1, 0.15) is 70.5 Å². The van der Waals surface area contributed by atoms with E-state index < -0.39 is 46.8 Å². The highest BCUT2D eigenvalue weighted by atomic mass is 19.2. The Labute approximate surface area is 327 Å². The molecule has 1 fully saturated rings. The van der Waals surface area contributed by atoms with Gasteiger partial charge in [-0.25, -0.2) is 22.0 Å². The summed E-state index contributed by atoms with van der Waals surface area (Å²) in [5.74, 6) is -12.6. The summed E-state index contributed by atoms with van der Waals surface area (Å²) in [6, 6.07) is 37.2. The smallest absolute Gasteiger partial charge is 0.257 e. The number of carbonyl (C=O) groups is 1. The number of nitrogens with zero attached hydrogens (tertiary/aromatic N) is 1. The van der Waals surface area contributed by atoms with Crippen molar-refractivity contribution in [2.75, 3.05) is 13.6 Å². The maximum Gasteiger partial charge on any atom is 0.257 e. The van der Waals surface area contributed by atoms with Gasteiger partial charge >= 0.3 is 0 Å². The van der Waals surface area contributed by atoms with Crippen LogP contribution in [-0.4, -0.2) is 35.6 Å². The fourth-order valence-electron chi connectivity index (χ4n) is 7.29. The first-order valence-corrected chi connectivity index (χ1v) is 18.6. The molecule has 7 rings (SSSR count). The van der Waals surface area contributed by atoms with Crippen molar-refractivity contribution in [1.82, 2.24) is 10.2 Å². The van der Waals surface area contributed by atoms with E-state index in [2.05, 4.69) is 61.4 Å². The van der Waals surface area contributed by atoms with Gasteiger partial charge in [0.15, 0.2) is 29.6 Å². The zero-order chi connectivity index (χ0) is 40.4. The summed E-state index contributed by atoms with van der Waals surface area (Å²) < 4.78 is 83.0. The predicted molar refractivity (Wildman–Crippen MR) is 207 cm³/mol. The summed E-state index contributed by atoms with van der Waals surface area (Å²) >= 11 is 0. The van der Waals surface area contributed by atoms with Gasteiger partial charge in [0.05, 0.1) is 18.8 Å². The quantitative estimate of drug-likeness (QED) is 0.0779. The molecule has 5 atom stereocenters. The Morgan fingerprint density at radius 3 is 2.07 bits per heavy atom. The highest BCUT2D eigenvalue weighted by Gasteiger charge is 2.39. The van der Waals surface area contributed by atoms with Crippen molar-refractivity contribution in [3.8, 4) is 11.1 Å². The Morgan fingerprint density at radius 2 is 1.37 bits per heavy atom. The third-order valence-corrected chi connectivity index (χ3v) is 10.8. The zero-order valence-electron chi connectivity index (χ0n) is 31.5. The second-order valence-corrected chi connectivity index (χ2v) is 14.5. The van der Waals surface area contributed by atoms with Crippen LogP contribution in [0.2, 0.25) is 0 Å². The number of hydrogen-bond donors (Lipinski definition) is 2. The van der Waals surface area contributed by atoms with Crippen LogP contribution in [0.5, 0.6) is 0 Å². The molecule has 0 spiro atoms. The zero-order valence-corrected chi connectivity index (χ0v) is 31.5. The van der Waals surface area contributed by atoms with Gasteiger partial charge in [-0.1, -0.05) is 104 Å². The summed E-state index contributed by atoms with van der Waals surface area (Å²) in [7, 11) is 2.09. The second kappa shape index (κ2) is 17.0. The molecule has 2 N–H and O–H groups in total. The number of ether oxygens (including phenoxy) is 2. The van der Waals surface area contributed by atoms with Crippen LogP contribution in [0, 0.1) is 35.0 Å². The van der Waals surface area contributed by atoms with Crippen molar-refractivity contribution in [3.05, 3.63) is 178 Å². The molecule has 6 aromatic carbocycles. The molecule has 0 saturated carbocycles. The van der Waals surface area contributed by atoms with Gasteiger partial charge in [0.1, 0.15) is 5.56 Å². The van der Waals surface area contributed by atoms with Crippen LogP contribution < -0.4 is 5.32 Å². The van der Waals surface area contributed by atoms with E-state index in [1.54, 1.807) is 18.2 Å². The highest BCUT2D eigenvalue weighted by molar-refractivity contribution is 5.94. The van der Waals surface area contributed by atoms with Crippen molar-refractivity contribution in [1.29, 1.82) is 0 Å². The van der Waals surface area contributed by atoms with E-state index in [0.717, 1.165) is 27.8 Å². The van der Waals surface area contributed by atoms with Gasteiger partial charge < -0.3 is 19.9 Å². The molecule has 5 unspecified atom stereocenters. The van der Waals surface area contributed by atoms with Gasteiger partial charge in [-0.2, -0.15) is 0 Å². The molecule has 1 aliphatic rings. The van der Waals surface area contributed by atoms with Gasteiger partial charge in [0, 0.05) is 30.6 Å². The minimum Gasteiger partial charge on any atom is -0.392 e. The van der Waals surface area contributed by atoms with Crippen molar-refractivity contribution < 1.29 is 41.3 Å². The molecule has 294 valence electrons. The van der Waals surface area contributed by atoms with E-state index in [1.807, 2.05) is 66.7 Å². The topological polar surface area (TPSA) is 71.0 Å². The Hall–Kier alpha value is -5.46. The van der Waals surface area contributed by atoms with Crippen molar-refractivity contribution >= 4 is 16.7 Å². The number of aliphatic hydroxyl groups excluding tert-OH is 1. The summed E-state index contributed by atoms with van der Waals surface area (Å²) in [6.45, 7) is 4.59. The molecule has 11 heteroatoms. The number of amides is 1. The van der Waals surface area contributed by atoms with Gasteiger partial charge in [0.25, 0.3) is 5.91 Å². The average molecular weight is 781 g/mol. The number of halogens is 5. The maximum atomic E-state index is 14.3. The number of benzene rings is 6. The molecular formula is C46H41F5N2O4. The average Bonchev–Trinajstić information content (AvgIpc) is 3.24. The minimum atomic E-state index is -2.34. The molecule has 1 amide bonds. The predicted octanol–water partition coefficient (Wildman–Crippen LogP) is 10.1. The lowest BCUT2D eigenvalue weighted by Crippen LogP contribution is -2.44. The van der Waals surface area contributed by atoms with Gasteiger partial charge in [-0.3, -0.25) is 9.69 Å². The first-order chi connectivity index (χ1) is 27.4. The van der Waals surface area contributed by atoms with Crippen molar-refractivity contribution in [2.45, 2.75) is 51.5 Å². The summed E-state index contributed by atoms with van der Waals surface area (Å²) in [6.07, 6.45) is -1.33. The SMILES string of the molecule is CC1C(CN(C)C(C)c2ccc3ccccc3c2)OC(c2cccc(-c3cccc(CNC(=O)c4c(F)c(F)c(F)c(F)c4F)c3)c2)OC1c1ccc(CO)cc1. The number of hydrogen-bond acceptors (Lipinski definition) is 5. The number of carbonyl (C=O) groups excluding carboxylic acids is 1. The van der Waals surface area contributed by atoms with Crippen LogP contribution in [0.4, 0.5) is 22.0 Å². The molecule has 1 aliphatic heterocycles. The normalized spacial score (nSPS) is 18.8. The second-order valence-electron chi connectivity index (χ2n) is 14.5. The van der Waals surface area contributed by atoms with Crippen molar-refractivity contribution in [3.63, 3.8) is 0 Å². The molecule has 0 bridgehead atoms. The van der Waals surface area contributed by atoms with Crippen LogP contribution in [-0.2, 0) is 22.6 Å². The highest BCUT2D eigenvalue weighted by Crippen LogP contribution is 2.43. The van der Waals surface area contributed by atoms with E-state index >= 15 is 0 Å². The maximum absolute atomic E-state index is 14.3. The lowest BCUT2D eigenvalue weighted by molar-refractivity contribution is -0.276. The van der Waals surface area contributed by atoms with Gasteiger partial charge in [-0.15, -0.1) is 0 Å². The minimum absolute atomic E-state index is 0.0487. The standard InChI is InChI=1S/C46H41F5N2O4/c1-26-37(24-53(3)27(2)32-19-18-30-9-4-5-10-34(30)21-32)56-46(57-44(26)31-16-14-28(25-54)15-17-31)36-13-7-12-35(22-36)33-11-6-8-29(20-33)23-52-45(55)38-39(47)41(49)43(51)42(50)40(38)48/h4-22,26-27,37,44,46,54H,23-25H2,1-3H3,(H,52,55). The molecule has 57 heavy (non-hydrogen) atoms. The fraction of sp³-hybridized carbons (Fsp3) is 0.239. The Balaban J connectivity index is 1.12. The van der Waals surface area contributed by atoms with E-state index in [9.17, 15) is 31.9 Å². The number of nitrogens with one attached hydrogen (secondary N) is 1. The number of rotatable bonds is 11. The van der Waals surface area contributed by atoms with E-state index in [4.69, 9.17) is 9.47 Å². The monoisotopic (exact) mass is 780 g/mol. The molecule has 6 aromatic rings. The van der Waals surface area contributed by atoms with Gasteiger partial charge in [0.2, 0.25) is 5.82 Å². The van der Waals surface area contributed by atoms with E-state index in [0.29, 0.717) is 12.1 Å². The molecule has 0 radical (unpaired) electrons. The van der Waals surface area contributed by atoms with Gasteiger partial charge in [-0.05, 0) is 76.3 Å². The molecule has 0 aromatic heterocycles. The van der Waals surface area contributed by atoms with Crippen LogP contribution in [0.3, 0.4) is 0 Å². The molecule has 6 nitrogen and oxygen atoms in total. The summed E-state index contributed by atoms with van der Waals surface area (Å²) in [4.78, 5) is 14.9. The molecular weight excluding hydrogens is 740 g/mol. The third kappa shape index (κ3) is 8.33. The largest absolute Gasteiger partial charge is 0.392 e. The Bertz CT molecular complexity index is 2380. The molecule has 1 saturated heterocycles. The third-order valence-electron chi connectivity index (χ3n) is 10.8. The first-order valence-electron chi connectivity index (χ1n) is 18.6. The summed E-state index contributed by atoms with van der Waals surface area (Å²) in [5, 5.41) is 14.3. The Kier molecular flexibility index (Phi) is 11.8. The number of likely N-dealkylation sites (N-methyl/N-ethyl adjacent to an activating group) is 1.